The second kappa shape index (κ2) is 5.67. The lowest BCUT2D eigenvalue weighted by atomic mass is 10.1. The van der Waals surface area contributed by atoms with Gasteiger partial charge in [0.2, 0.25) is 5.91 Å². The summed E-state index contributed by atoms with van der Waals surface area (Å²) in [5, 5.41) is 2.87. The topological polar surface area (TPSA) is 55.1 Å². The number of benzene rings is 1. The fourth-order valence-electron chi connectivity index (χ4n) is 1.29. The van der Waals surface area contributed by atoms with Crippen LogP contribution in [0.5, 0.6) is 0 Å². The zero-order chi connectivity index (χ0) is 13.2. The minimum Gasteiger partial charge on any atom is -0.348 e. The normalized spacial score (nSPS) is 14.2. The summed E-state index contributed by atoms with van der Waals surface area (Å²) in [5.74, 6) is -0.906. The summed E-state index contributed by atoms with van der Waals surface area (Å²) in [4.78, 5) is 11.4. The summed E-state index contributed by atoms with van der Waals surface area (Å²) in [5.41, 5.74) is 5.87. The van der Waals surface area contributed by atoms with Crippen molar-refractivity contribution in [3.8, 4) is 0 Å². The average molecular weight is 279 g/mol. The molecule has 1 aromatic rings. The first-order valence-corrected chi connectivity index (χ1v) is 5.79. The second-order valence-electron chi connectivity index (χ2n) is 3.81. The van der Waals surface area contributed by atoms with E-state index in [0.29, 0.717) is 10.6 Å². The summed E-state index contributed by atoms with van der Waals surface area (Å²) in [6.45, 7) is 3.25. The molecule has 0 radical (unpaired) electrons. The van der Waals surface area contributed by atoms with Gasteiger partial charge in [0.15, 0.2) is 0 Å². The molecule has 0 heterocycles. The van der Waals surface area contributed by atoms with Gasteiger partial charge in [0.05, 0.1) is 17.1 Å². The number of amides is 1. The van der Waals surface area contributed by atoms with Crippen LogP contribution in [0.2, 0.25) is 10.0 Å². The van der Waals surface area contributed by atoms with Gasteiger partial charge in [-0.3, -0.25) is 4.79 Å². The Hall–Kier alpha value is -0.840. The smallest absolute Gasteiger partial charge is 0.237 e. The molecule has 94 valence electrons. The number of carbonyl (C=O) groups excluding carboxylic acids is 1. The van der Waals surface area contributed by atoms with Crippen molar-refractivity contribution in [2.75, 3.05) is 0 Å². The zero-order valence-corrected chi connectivity index (χ0v) is 10.9. The monoisotopic (exact) mass is 278 g/mol. The van der Waals surface area contributed by atoms with Gasteiger partial charge in [-0.05, 0) is 31.5 Å². The van der Waals surface area contributed by atoms with Crippen molar-refractivity contribution in [2.45, 2.75) is 25.9 Å². The van der Waals surface area contributed by atoms with E-state index in [0.717, 1.165) is 0 Å². The molecule has 2 atom stereocenters. The van der Waals surface area contributed by atoms with E-state index in [-0.39, 0.29) is 10.9 Å². The van der Waals surface area contributed by atoms with Gasteiger partial charge in [-0.15, -0.1) is 0 Å². The molecule has 0 saturated carbocycles. The number of rotatable bonds is 3. The van der Waals surface area contributed by atoms with Gasteiger partial charge in [-0.2, -0.15) is 0 Å². The lowest BCUT2D eigenvalue weighted by Gasteiger charge is -2.17. The Morgan fingerprint density at radius 3 is 2.47 bits per heavy atom. The molecule has 0 saturated heterocycles. The van der Waals surface area contributed by atoms with Crippen molar-refractivity contribution in [1.82, 2.24) is 5.32 Å². The summed E-state index contributed by atoms with van der Waals surface area (Å²) < 4.78 is 13.3. The van der Waals surface area contributed by atoms with Gasteiger partial charge in [-0.1, -0.05) is 23.2 Å². The van der Waals surface area contributed by atoms with Crippen molar-refractivity contribution < 1.29 is 9.18 Å². The predicted molar refractivity (Wildman–Crippen MR) is 66.6 cm³/mol. The van der Waals surface area contributed by atoms with Crippen LogP contribution in [0.25, 0.3) is 0 Å². The molecular weight excluding hydrogens is 266 g/mol. The second-order valence-corrected chi connectivity index (χ2v) is 4.62. The average Bonchev–Trinajstić information content (AvgIpc) is 2.22. The number of hydrogen-bond donors (Lipinski definition) is 2. The van der Waals surface area contributed by atoms with E-state index in [9.17, 15) is 9.18 Å². The van der Waals surface area contributed by atoms with E-state index in [1.54, 1.807) is 13.8 Å². The van der Waals surface area contributed by atoms with Crippen LogP contribution >= 0.6 is 23.2 Å². The Balaban J connectivity index is 2.93. The van der Waals surface area contributed by atoms with Crippen LogP contribution in [0.4, 0.5) is 4.39 Å². The number of nitrogens with one attached hydrogen (secondary N) is 1. The van der Waals surface area contributed by atoms with E-state index in [4.69, 9.17) is 28.9 Å². The van der Waals surface area contributed by atoms with Crippen LogP contribution in [-0.4, -0.2) is 11.9 Å². The molecule has 0 aliphatic carbocycles. The van der Waals surface area contributed by atoms with Crippen molar-refractivity contribution in [3.05, 3.63) is 33.6 Å². The molecule has 0 aromatic heterocycles. The largest absolute Gasteiger partial charge is 0.348 e. The van der Waals surface area contributed by atoms with Gasteiger partial charge in [0, 0.05) is 5.02 Å². The first-order valence-electron chi connectivity index (χ1n) is 5.03. The molecule has 0 bridgehead atoms. The molecule has 1 amide bonds. The van der Waals surface area contributed by atoms with Crippen molar-refractivity contribution in [1.29, 1.82) is 0 Å². The Morgan fingerprint density at radius 1 is 1.35 bits per heavy atom. The number of nitrogens with two attached hydrogens (primary N) is 1. The molecule has 0 aliphatic heterocycles. The molecule has 0 aliphatic rings. The Kier molecular flexibility index (Phi) is 4.74. The van der Waals surface area contributed by atoms with E-state index in [2.05, 4.69) is 5.32 Å². The quantitative estimate of drug-likeness (QED) is 0.836. The van der Waals surface area contributed by atoms with Crippen molar-refractivity contribution in [2.24, 2.45) is 5.73 Å². The van der Waals surface area contributed by atoms with Crippen LogP contribution in [0.15, 0.2) is 12.1 Å². The van der Waals surface area contributed by atoms with Gasteiger partial charge in [0.25, 0.3) is 0 Å². The fraction of sp³-hybridized carbons (Fsp3) is 0.364. The predicted octanol–water partition coefficient (Wildman–Crippen LogP) is 2.66. The maximum Gasteiger partial charge on any atom is 0.237 e. The molecule has 1 rings (SSSR count). The minimum absolute atomic E-state index is 0.0514. The summed E-state index contributed by atoms with van der Waals surface area (Å²) in [6.07, 6.45) is 0. The van der Waals surface area contributed by atoms with E-state index in [1.165, 1.54) is 12.1 Å². The third kappa shape index (κ3) is 3.56. The molecule has 6 heteroatoms. The molecule has 3 N–H and O–H groups in total. The lowest BCUT2D eigenvalue weighted by Crippen LogP contribution is -2.39. The van der Waals surface area contributed by atoms with Gasteiger partial charge >= 0.3 is 0 Å². The number of hydrogen-bond acceptors (Lipinski definition) is 2. The first kappa shape index (κ1) is 14.2. The standard InChI is InChI=1S/C11H13Cl2FN2O/c1-5(15)11(17)16-6(2)7-3-10(14)9(13)4-8(7)12/h3-6H,15H2,1-2H3,(H,16,17). The van der Waals surface area contributed by atoms with Crippen LogP contribution < -0.4 is 11.1 Å². The van der Waals surface area contributed by atoms with E-state index in [1.807, 2.05) is 0 Å². The van der Waals surface area contributed by atoms with Gasteiger partial charge in [0.1, 0.15) is 5.82 Å². The Bertz CT molecular complexity index is 438. The number of carbonyl (C=O) groups is 1. The van der Waals surface area contributed by atoms with Crippen LogP contribution in [0, 0.1) is 5.82 Å². The summed E-state index contributed by atoms with van der Waals surface area (Å²) in [6, 6.07) is 1.44. The molecule has 1 aromatic carbocycles. The molecule has 0 spiro atoms. The van der Waals surface area contributed by atoms with Gasteiger partial charge < -0.3 is 11.1 Å². The first-order chi connectivity index (χ1) is 7.82. The third-order valence-electron chi connectivity index (χ3n) is 2.28. The van der Waals surface area contributed by atoms with Crippen molar-refractivity contribution in [3.63, 3.8) is 0 Å². The summed E-state index contributed by atoms with van der Waals surface area (Å²) in [7, 11) is 0. The highest BCUT2D eigenvalue weighted by atomic mass is 35.5. The van der Waals surface area contributed by atoms with Crippen molar-refractivity contribution >= 4 is 29.1 Å². The Labute approximate surface area is 109 Å². The molecule has 0 fully saturated rings. The SMILES string of the molecule is CC(N)C(=O)NC(C)c1cc(F)c(Cl)cc1Cl. The fourth-order valence-corrected chi connectivity index (χ4v) is 1.84. The highest BCUT2D eigenvalue weighted by molar-refractivity contribution is 6.35. The molecule has 17 heavy (non-hydrogen) atoms. The molecule has 3 nitrogen and oxygen atoms in total. The molecule has 2 unspecified atom stereocenters. The maximum absolute atomic E-state index is 13.3. The highest BCUT2D eigenvalue weighted by Crippen LogP contribution is 2.28. The highest BCUT2D eigenvalue weighted by Gasteiger charge is 2.16. The lowest BCUT2D eigenvalue weighted by molar-refractivity contribution is -0.122. The number of halogens is 3. The minimum atomic E-state index is -0.631. The van der Waals surface area contributed by atoms with Crippen LogP contribution in [0.1, 0.15) is 25.5 Å². The van der Waals surface area contributed by atoms with Crippen LogP contribution in [0.3, 0.4) is 0 Å². The van der Waals surface area contributed by atoms with E-state index < -0.39 is 17.9 Å². The van der Waals surface area contributed by atoms with Crippen LogP contribution in [-0.2, 0) is 4.79 Å². The van der Waals surface area contributed by atoms with Gasteiger partial charge in [-0.25, -0.2) is 4.39 Å². The molecular formula is C11H13Cl2FN2O. The zero-order valence-electron chi connectivity index (χ0n) is 9.43. The summed E-state index contributed by atoms with van der Waals surface area (Å²) >= 11 is 11.5. The Morgan fingerprint density at radius 2 is 1.94 bits per heavy atom. The third-order valence-corrected chi connectivity index (χ3v) is 2.90. The van der Waals surface area contributed by atoms with E-state index >= 15 is 0 Å². The maximum atomic E-state index is 13.3.